The highest BCUT2D eigenvalue weighted by Gasteiger charge is 2.30. The number of hydrogen-bond donors (Lipinski definition) is 2. The quantitative estimate of drug-likeness (QED) is 0.0205. The van der Waals surface area contributed by atoms with Gasteiger partial charge in [0, 0.05) is 12.8 Å². The molecule has 0 saturated heterocycles. The Hall–Kier alpha value is -3.85. The number of rotatable bonds is 59. The van der Waals surface area contributed by atoms with Gasteiger partial charge in [-0.25, -0.2) is 4.57 Å². The number of hydrogen-bond acceptors (Lipinski definition) is 6. The Kier molecular flexibility index (Phi) is 58.4. The lowest BCUT2D eigenvalue weighted by molar-refractivity contribution is -0.870. The van der Waals surface area contributed by atoms with Gasteiger partial charge in [-0.2, -0.15) is 0 Å². The lowest BCUT2D eigenvalue weighted by Gasteiger charge is -2.27. The minimum atomic E-state index is -4.47. The first kappa shape index (κ1) is 79.2. The summed E-state index contributed by atoms with van der Waals surface area (Å²) in [7, 11) is 1.45. The molecule has 1 amide bonds. The third-order valence-electron chi connectivity index (χ3n) is 14.1. The molecule has 83 heavy (non-hydrogen) atoms. The fraction of sp³-hybridized carbons (Fsp3) is 0.671. The summed E-state index contributed by atoms with van der Waals surface area (Å²) in [6.45, 7) is 6.82. The summed E-state index contributed by atoms with van der Waals surface area (Å²) in [4.78, 5) is 37.8. The van der Waals surface area contributed by atoms with Crippen LogP contribution in [-0.4, -0.2) is 74.3 Å². The number of likely N-dealkylation sites (N-methyl/N-ethyl adjacent to an activating group) is 1. The monoisotopic (exact) mass is 1170 g/mol. The molecule has 0 aliphatic heterocycles. The van der Waals surface area contributed by atoms with Crippen molar-refractivity contribution in [3.63, 3.8) is 0 Å². The van der Waals surface area contributed by atoms with Crippen molar-refractivity contribution in [1.82, 2.24) is 5.32 Å². The van der Waals surface area contributed by atoms with Crippen LogP contribution in [0.2, 0.25) is 0 Å². The molecular weight excluding hydrogens is 1050 g/mol. The maximum absolute atomic E-state index is 13.6. The highest BCUT2D eigenvalue weighted by Crippen LogP contribution is 2.43. The second-order valence-electron chi connectivity index (χ2n) is 23.3. The number of carbonyl (C=O) groups is 2. The van der Waals surface area contributed by atoms with Crippen LogP contribution in [0.5, 0.6) is 0 Å². The lowest BCUT2D eigenvalue weighted by Crippen LogP contribution is -2.47. The van der Waals surface area contributed by atoms with E-state index >= 15 is 0 Å². The van der Waals surface area contributed by atoms with Crippen LogP contribution >= 0.6 is 7.82 Å². The minimum Gasteiger partial charge on any atom is -0.456 e. The summed E-state index contributed by atoms with van der Waals surface area (Å²) in [5.41, 5.74) is 0. The van der Waals surface area contributed by atoms with Gasteiger partial charge in [-0.15, -0.1) is 0 Å². The average molecular weight is 1170 g/mol. The second-order valence-corrected chi connectivity index (χ2v) is 24.7. The zero-order valence-corrected chi connectivity index (χ0v) is 55.0. The van der Waals surface area contributed by atoms with Gasteiger partial charge in [0.15, 0.2) is 0 Å². The van der Waals surface area contributed by atoms with Crippen LogP contribution in [-0.2, 0) is 27.9 Å². The summed E-state index contributed by atoms with van der Waals surface area (Å²) < 4.78 is 30.7. The van der Waals surface area contributed by atoms with E-state index < -0.39 is 20.0 Å². The Morgan fingerprint density at radius 1 is 0.434 bits per heavy atom. The second kappa shape index (κ2) is 61.2. The average Bonchev–Trinajstić information content (AvgIpc) is 3.51. The lowest BCUT2D eigenvalue weighted by atomic mass is 10.1. The first-order valence-corrected chi connectivity index (χ1v) is 35.0. The number of phosphoric ester groups is 1. The molecule has 0 spiro atoms. The van der Waals surface area contributed by atoms with Crippen LogP contribution in [0.1, 0.15) is 265 Å². The van der Waals surface area contributed by atoms with Crippen molar-refractivity contribution >= 4 is 19.7 Å². The topological polar surface area (TPSA) is 111 Å². The van der Waals surface area contributed by atoms with E-state index in [0.717, 1.165) is 128 Å². The molecule has 9 nitrogen and oxygen atoms in total. The SMILES string of the molecule is CC/C=C\C/C=C\C/C=C\C/C=C\C/C=C\C/C=C\CCCCCCCCCCC(=O)OC(/C=C\CCCCCCCCCCC)C(COP(=O)(O)OCC[N+](C)(C)C)NC(=O)CCCCC/C=C\C/C=C\C/C=C\C/C=C\CCCCC. The third-order valence-corrected chi connectivity index (χ3v) is 15.1. The number of amides is 1. The smallest absolute Gasteiger partial charge is 0.456 e. The molecule has 0 aliphatic carbocycles. The maximum Gasteiger partial charge on any atom is 0.472 e. The molecule has 2 N–H and O–H groups in total. The third kappa shape index (κ3) is 62.5. The van der Waals surface area contributed by atoms with Gasteiger partial charge in [-0.1, -0.05) is 258 Å². The van der Waals surface area contributed by atoms with Gasteiger partial charge < -0.3 is 19.4 Å². The fourth-order valence-electron chi connectivity index (χ4n) is 8.93. The number of ether oxygens (including phenoxy) is 1. The predicted molar refractivity (Wildman–Crippen MR) is 359 cm³/mol. The predicted octanol–water partition coefficient (Wildman–Crippen LogP) is 21.2. The Balaban J connectivity index is 5.17. The molecule has 0 bridgehead atoms. The minimum absolute atomic E-state index is 0.0253. The molecule has 0 rings (SSSR count). The fourth-order valence-corrected chi connectivity index (χ4v) is 9.66. The van der Waals surface area contributed by atoms with E-state index in [0.29, 0.717) is 17.4 Å². The molecule has 3 unspecified atom stereocenters. The van der Waals surface area contributed by atoms with Crippen LogP contribution in [0.25, 0.3) is 0 Å². The van der Waals surface area contributed by atoms with Crippen LogP contribution in [0.3, 0.4) is 0 Å². The highest BCUT2D eigenvalue weighted by molar-refractivity contribution is 7.47. The molecule has 0 aliphatic rings. The first-order chi connectivity index (χ1) is 40.4. The number of phosphoric acid groups is 1. The number of nitrogens with one attached hydrogen (secondary N) is 1. The molecule has 3 atom stereocenters. The Morgan fingerprint density at radius 3 is 1.19 bits per heavy atom. The van der Waals surface area contributed by atoms with Crippen molar-refractivity contribution in [2.45, 2.75) is 277 Å². The zero-order valence-electron chi connectivity index (χ0n) is 54.1. The van der Waals surface area contributed by atoms with E-state index in [1.54, 1.807) is 0 Å². The van der Waals surface area contributed by atoms with E-state index in [-0.39, 0.29) is 37.9 Å². The van der Waals surface area contributed by atoms with Crippen molar-refractivity contribution in [1.29, 1.82) is 0 Å². The zero-order chi connectivity index (χ0) is 60.7. The molecule has 474 valence electrons. The summed E-state index contributed by atoms with van der Waals surface area (Å²) in [6, 6.07) is -0.878. The van der Waals surface area contributed by atoms with Crippen molar-refractivity contribution in [2.75, 3.05) is 40.9 Å². The number of nitrogens with zero attached hydrogens (tertiary/aromatic N) is 1. The highest BCUT2D eigenvalue weighted by atomic mass is 31.2. The number of unbranched alkanes of at least 4 members (excludes halogenated alkanes) is 23. The molecule has 0 aromatic rings. The summed E-state index contributed by atoms with van der Waals surface area (Å²) >= 11 is 0. The van der Waals surface area contributed by atoms with Crippen LogP contribution in [0, 0.1) is 0 Å². The molecule has 0 saturated carbocycles. The summed E-state index contributed by atoms with van der Waals surface area (Å²) in [6.07, 6.45) is 87.4. The summed E-state index contributed by atoms with van der Waals surface area (Å²) in [5.74, 6) is -0.559. The van der Waals surface area contributed by atoms with Crippen molar-refractivity contribution in [3.05, 3.63) is 134 Å². The Labute approximate surface area is 511 Å². The number of quaternary nitrogens is 1. The molecule has 0 aromatic carbocycles. The molecule has 0 radical (unpaired) electrons. The van der Waals surface area contributed by atoms with Gasteiger partial charge in [-0.3, -0.25) is 18.6 Å². The van der Waals surface area contributed by atoms with E-state index in [9.17, 15) is 19.0 Å². The van der Waals surface area contributed by atoms with Gasteiger partial charge in [0.2, 0.25) is 5.91 Å². The van der Waals surface area contributed by atoms with Crippen molar-refractivity contribution in [3.8, 4) is 0 Å². The van der Waals surface area contributed by atoms with E-state index in [1.807, 2.05) is 33.3 Å². The molecular formula is C73H126N2O7P+. The first-order valence-electron chi connectivity index (χ1n) is 33.5. The molecule has 0 heterocycles. The van der Waals surface area contributed by atoms with Gasteiger partial charge in [0.25, 0.3) is 0 Å². The molecule has 0 fully saturated rings. The van der Waals surface area contributed by atoms with Crippen LogP contribution in [0.4, 0.5) is 0 Å². The van der Waals surface area contributed by atoms with E-state index in [2.05, 4.69) is 148 Å². The number of carbonyl (C=O) groups excluding carboxylic acids is 2. The number of allylic oxidation sites excluding steroid dienone is 21. The summed E-state index contributed by atoms with van der Waals surface area (Å²) in [5, 5.41) is 3.04. The van der Waals surface area contributed by atoms with Crippen molar-refractivity contribution < 1.29 is 37.3 Å². The number of esters is 1. The van der Waals surface area contributed by atoms with E-state index in [1.165, 1.54) is 96.3 Å². The molecule has 10 heteroatoms. The van der Waals surface area contributed by atoms with Gasteiger partial charge in [0.1, 0.15) is 19.3 Å². The van der Waals surface area contributed by atoms with E-state index in [4.69, 9.17) is 13.8 Å². The van der Waals surface area contributed by atoms with Crippen molar-refractivity contribution in [2.24, 2.45) is 0 Å². The van der Waals surface area contributed by atoms with Crippen LogP contribution in [0.15, 0.2) is 134 Å². The van der Waals surface area contributed by atoms with Gasteiger partial charge in [-0.05, 0) is 128 Å². The van der Waals surface area contributed by atoms with Gasteiger partial charge >= 0.3 is 13.8 Å². The molecule has 0 aromatic heterocycles. The normalized spacial score (nSPS) is 14.4. The van der Waals surface area contributed by atoms with Gasteiger partial charge in [0.05, 0.1) is 33.8 Å². The standard InChI is InChI=1S/C73H125N2O7P/c1-7-10-13-16-19-22-25-27-29-31-33-34-35-36-37-38-39-40-42-44-46-48-51-54-57-60-63-66-73(77)82-71(64-61-58-55-52-49-24-21-18-15-12-9-3)70(69-81-83(78,79)80-68-67-75(4,5)6)74-72(76)65-62-59-56-53-50-47-45-43-41-32-30-28-26-23-20-17-14-11-8-2/h10,13,19-20,22-23,27-30,33-34,36-37,39-41,43,47,50,61,64,70-71H,7-9,11-12,14-18,21,24-26,31-32,35,38,42,44-46,48-49,51-60,62-63,65-69H2,1-6H3,(H-,74,76,78,79)/p+1/b13-10-,22-19-,23-20-,29-27-,30-28-,34-33-,37-36-,40-39-,43-41-,50-47-,64-61-. The largest absolute Gasteiger partial charge is 0.472 e. The maximum atomic E-state index is 13.6. The Bertz CT molecular complexity index is 1880. The Morgan fingerprint density at radius 2 is 0.771 bits per heavy atom. The van der Waals surface area contributed by atoms with Crippen LogP contribution < -0.4 is 5.32 Å².